The topological polar surface area (TPSA) is 20.2 Å². The van der Waals surface area contributed by atoms with E-state index in [2.05, 4.69) is 39.8 Å². The second-order valence-electron chi connectivity index (χ2n) is 6.05. The van der Waals surface area contributed by atoms with Gasteiger partial charge in [-0.1, -0.05) is 0 Å². The van der Waals surface area contributed by atoms with Gasteiger partial charge in [-0.2, -0.15) is 0 Å². The van der Waals surface area contributed by atoms with Crippen LogP contribution in [0.25, 0.3) is 0 Å². The van der Waals surface area contributed by atoms with Gasteiger partial charge in [0.25, 0.3) is 0 Å². The van der Waals surface area contributed by atoms with Crippen LogP contribution < -0.4 is 0 Å². The molecule has 1 N–H and O–H groups in total. The second-order valence-corrected chi connectivity index (χ2v) is 19.9. The van der Waals surface area contributed by atoms with Gasteiger partial charge in [0, 0.05) is 0 Å². The van der Waals surface area contributed by atoms with Crippen LogP contribution in [0.3, 0.4) is 0 Å². The Bertz CT molecular complexity index is 259. The molecule has 0 aliphatic rings. The molecule has 0 unspecified atom stereocenters. The van der Waals surface area contributed by atoms with E-state index in [9.17, 15) is 0 Å². The Morgan fingerprint density at radius 2 is 1.35 bits per heavy atom. The molecule has 0 saturated carbocycles. The fraction of sp³-hybridized carbons (Fsp3) is 0.778. The molecule has 0 atom stereocenters. The zero-order valence-corrected chi connectivity index (χ0v) is 17.1. The zero-order valence-electron chi connectivity index (χ0n) is 14.3. The van der Waals surface area contributed by atoms with Crippen LogP contribution in [0.4, 0.5) is 0 Å². The van der Waals surface area contributed by atoms with Crippen LogP contribution in [0.1, 0.15) is 66.2 Å². The minimum absolute atomic E-state index is 0.158. The molecule has 0 aromatic rings. The van der Waals surface area contributed by atoms with Crippen molar-refractivity contribution < 1.29 is 5.11 Å². The summed E-state index contributed by atoms with van der Waals surface area (Å²) < 4.78 is 6.31. The maximum atomic E-state index is 8.91. The van der Waals surface area contributed by atoms with E-state index < -0.39 is 18.4 Å². The quantitative estimate of drug-likeness (QED) is 0.328. The summed E-state index contributed by atoms with van der Waals surface area (Å²) in [6.07, 6.45) is 14.5. The van der Waals surface area contributed by atoms with Gasteiger partial charge < -0.3 is 0 Å². The summed E-state index contributed by atoms with van der Waals surface area (Å²) in [5, 5.41) is 8.91. The first-order valence-electron chi connectivity index (χ1n) is 8.61. The van der Waals surface area contributed by atoms with Gasteiger partial charge in [-0.05, 0) is 0 Å². The molecule has 0 aliphatic heterocycles. The summed E-state index contributed by atoms with van der Waals surface area (Å²) in [4.78, 5) is 0. The first-order valence-corrected chi connectivity index (χ1v) is 16.1. The van der Waals surface area contributed by atoms with Crippen molar-refractivity contribution in [2.75, 3.05) is 6.61 Å². The summed E-state index contributed by atoms with van der Waals surface area (Å²) in [7, 11) is 0. The fourth-order valence-electron chi connectivity index (χ4n) is 2.96. The number of unbranched alkanes of at least 4 members (excludes halogenated alkanes) is 3. The SMILES string of the molecule is CCC[CH2][Sn]([CH2]CCC)([CH2]CCC)/[C](C)=C/C=C/CO. The van der Waals surface area contributed by atoms with Crippen molar-refractivity contribution in [1.29, 1.82) is 0 Å². The van der Waals surface area contributed by atoms with Gasteiger partial charge in [0.1, 0.15) is 0 Å². The van der Waals surface area contributed by atoms with Crippen molar-refractivity contribution in [2.24, 2.45) is 0 Å². The van der Waals surface area contributed by atoms with Crippen molar-refractivity contribution in [3.8, 4) is 0 Å². The average molecular weight is 387 g/mol. The Morgan fingerprint density at radius 1 is 0.900 bits per heavy atom. The maximum absolute atomic E-state index is 8.91. The van der Waals surface area contributed by atoms with E-state index >= 15 is 0 Å². The van der Waals surface area contributed by atoms with Crippen LogP contribution in [0.5, 0.6) is 0 Å². The van der Waals surface area contributed by atoms with Gasteiger partial charge in [-0.15, -0.1) is 0 Å². The van der Waals surface area contributed by atoms with Gasteiger partial charge in [-0.3, -0.25) is 0 Å². The van der Waals surface area contributed by atoms with Crippen molar-refractivity contribution in [3.63, 3.8) is 0 Å². The van der Waals surface area contributed by atoms with Crippen LogP contribution in [0, 0.1) is 0 Å². The van der Waals surface area contributed by atoms with Crippen molar-refractivity contribution in [3.05, 3.63) is 21.8 Å². The number of aliphatic hydroxyl groups is 1. The van der Waals surface area contributed by atoms with E-state index in [-0.39, 0.29) is 6.61 Å². The van der Waals surface area contributed by atoms with Gasteiger partial charge >= 0.3 is 131 Å². The molecule has 0 aliphatic carbocycles. The van der Waals surface area contributed by atoms with E-state index in [4.69, 9.17) is 5.11 Å². The Balaban J connectivity index is 5.09. The molecular weight excluding hydrogens is 351 g/mol. The molecule has 2 heteroatoms. The van der Waals surface area contributed by atoms with Crippen LogP contribution in [0.2, 0.25) is 13.3 Å². The third kappa shape index (κ3) is 7.87. The summed E-state index contributed by atoms with van der Waals surface area (Å²) in [5.74, 6) is 0. The first-order chi connectivity index (χ1) is 9.66. The number of hydrogen-bond acceptors (Lipinski definition) is 1. The zero-order chi connectivity index (χ0) is 15.3. The van der Waals surface area contributed by atoms with E-state index in [0.29, 0.717) is 0 Å². The standard InChI is InChI=1S/C6H9O.3C4H9.Sn/c1-2-3-4-5-6-7;3*1-3-4-2;/h3-5,7H,6H2,1H3;3*1,3-4H2,2H3;/b3-2?,5-4+;;;;. The molecule has 0 spiro atoms. The average Bonchev–Trinajstić information content (AvgIpc) is 2.47. The normalized spacial score (nSPS) is 13.3. The molecule has 118 valence electrons. The fourth-order valence-corrected chi connectivity index (χ4v) is 18.6. The van der Waals surface area contributed by atoms with Crippen LogP contribution in [-0.2, 0) is 0 Å². The summed E-state index contributed by atoms with van der Waals surface area (Å²) >= 11 is -2.14. The Morgan fingerprint density at radius 3 is 1.70 bits per heavy atom. The van der Waals surface area contributed by atoms with Gasteiger partial charge in [-0.25, -0.2) is 0 Å². The van der Waals surface area contributed by atoms with E-state index in [1.165, 1.54) is 51.8 Å². The van der Waals surface area contributed by atoms with Gasteiger partial charge in [0.05, 0.1) is 0 Å². The molecule has 0 fully saturated rings. The Hall–Kier alpha value is 0.239. The molecule has 0 bridgehead atoms. The summed E-state index contributed by atoms with van der Waals surface area (Å²) in [6.45, 7) is 9.51. The Kier molecular flexibility index (Phi) is 13.1. The third-order valence-corrected chi connectivity index (χ3v) is 20.9. The molecule has 0 aromatic carbocycles. The van der Waals surface area contributed by atoms with Crippen LogP contribution in [0.15, 0.2) is 21.8 Å². The molecule has 0 amide bonds. The molecule has 0 heterocycles. The molecule has 0 saturated heterocycles. The molecule has 1 nitrogen and oxygen atoms in total. The van der Waals surface area contributed by atoms with Gasteiger partial charge in [0.15, 0.2) is 0 Å². The number of aliphatic hydroxyl groups excluding tert-OH is 1. The van der Waals surface area contributed by atoms with Crippen molar-refractivity contribution in [1.82, 2.24) is 0 Å². The number of allylic oxidation sites excluding steroid dienone is 3. The molecule has 0 radical (unpaired) electrons. The number of hydrogen-bond donors (Lipinski definition) is 1. The predicted molar refractivity (Wildman–Crippen MR) is 94.9 cm³/mol. The number of rotatable bonds is 12. The second kappa shape index (κ2) is 12.9. The van der Waals surface area contributed by atoms with E-state index in [1.54, 1.807) is 3.59 Å². The summed E-state index contributed by atoms with van der Waals surface area (Å²) in [5.41, 5.74) is 0. The molecule has 0 rings (SSSR count). The van der Waals surface area contributed by atoms with Crippen LogP contribution in [-0.4, -0.2) is 30.1 Å². The van der Waals surface area contributed by atoms with E-state index in [1.807, 2.05) is 6.08 Å². The van der Waals surface area contributed by atoms with Crippen molar-refractivity contribution >= 4 is 18.4 Å². The van der Waals surface area contributed by atoms with Crippen molar-refractivity contribution in [2.45, 2.75) is 79.5 Å². The van der Waals surface area contributed by atoms with E-state index in [0.717, 1.165) is 0 Å². The Labute approximate surface area is 131 Å². The monoisotopic (exact) mass is 388 g/mol. The first kappa shape index (κ1) is 20.2. The molecular formula is C18H36OSn. The minimum atomic E-state index is -2.14. The summed E-state index contributed by atoms with van der Waals surface area (Å²) in [6, 6.07) is 0. The molecule has 20 heavy (non-hydrogen) atoms. The predicted octanol–water partition coefficient (Wildman–Crippen LogP) is 5.87. The molecule has 0 aromatic heterocycles. The van der Waals surface area contributed by atoms with Crippen LogP contribution >= 0.6 is 0 Å². The van der Waals surface area contributed by atoms with Gasteiger partial charge in [0.2, 0.25) is 0 Å². The third-order valence-electron chi connectivity index (χ3n) is 4.45.